The third-order valence-electron chi connectivity index (χ3n) is 5.93. The normalized spacial score (nSPS) is 16.7. The number of nitrogens with zero attached hydrogens (tertiary/aromatic N) is 2. The van der Waals surface area contributed by atoms with E-state index in [1.54, 1.807) is 35.5 Å². The predicted molar refractivity (Wildman–Crippen MR) is 116 cm³/mol. The molecule has 150 valence electrons. The summed E-state index contributed by atoms with van der Waals surface area (Å²) in [4.78, 5) is 22.5. The summed E-state index contributed by atoms with van der Waals surface area (Å²) >= 11 is 0. The van der Waals surface area contributed by atoms with Gasteiger partial charge in [-0.05, 0) is 48.7 Å². The molecule has 30 heavy (non-hydrogen) atoms. The molecule has 0 bridgehead atoms. The number of hydrogen-bond acceptors (Lipinski definition) is 2. The van der Waals surface area contributed by atoms with Gasteiger partial charge in [0, 0.05) is 53.6 Å². The summed E-state index contributed by atoms with van der Waals surface area (Å²) in [6.07, 6.45) is 5.47. The first-order valence-corrected chi connectivity index (χ1v) is 10.3. The number of pyridine rings is 1. The molecule has 1 saturated heterocycles. The molecule has 1 atom stereocenters. The number of likely N-dealkylation sites (tertiary alicyclic amines) is 1. The number of amides is 1. The molecule has 0 unspecified atom stereocenters. The second kappa shape index (κ2) is 7.75. The van der Waals surface area contributed by atoms with Crippen LogP contribution in [-0.2, 0) is 0 Å². The van der Waals surface area contributed by atoms with Crippen LogP contribution in [0.5, 0.6) is 0 Å². The van der Waals surface area contributed by atoms with Gasteiger partial charge < -0.3 is 9.88 Å². The summed E-state index contributed by atoms with van der Waals surface area (Å²) in [7, 11) is 0. The van der Waals surface area contributed by atoms with Crippen molar-refractivity contribution in [3.05, 3.63) is 90.1 Å². The number of H-pyrrole nitrogens is 1. The van der Waals surface area contributed by atoms with Crippen LogP contribution in [0.4, 0.5) is 4.39 Å². The van der Waals surface area contributed by atoms with E-state index in [1.165, 1.54) is 6.07 Å². The Morgan fingerprint density at radius 2 is 1.80 bits per heavy atom. The predicted octanol–water partition coefficient (Wildman–Crippen LogP) is 5.39. The topological polar surface area (TPSA) is 49.0 Å². The SMILES string of the molecule is O=C(c1ccccc1F)N1CCC[C@@H](c2[nH]c3ccccc3c2-c2ccncc2)C1. The van der Waals surface area contributed by atoms with Crippen molar-refractivity contribution in [1.29, 1.82) is 0 Å². The smallest absolute Gasteiger partial charge is 0.256 e. The zero-order chi connectivity index (χ0) is 20.5. The highest BCUT2D eigenvalue weighted by Gasteiger charge is 2.29. The van der Waals surface area contributed by atoms with Crippen molar-refractivity contribution in [2.75, 3.05) is 13.1 Å². The summed E-state index contributed by atoms with van der Waals surface area (Å²) in [5, 5.41) is 1.16. The molecular weight excluding hydrogens is 377 g/mol. The van der Waals surface area contributed by atoms with Gasteiger partial charge >= 0.3 is 0 Å². The van der Waals surface area contributed by atoms with Crippen molar-refractivity contribution in [3.8, 4) is 11.1 Å². The summed E-state index contributed by atoms with van der Waals surface area (Å²) in [6, 6.07) is 18.5. The number of rotatable bonds is 3. The Morgan fingerprint density at radius 3 is 2.63 bits per heavy atom. The first-order chi connectivity index (χ1) is 14.7. The molecule has 0 saturated carbocycles. The van der Waals surface area contributed by atoms with E-state index in [-0.39, 0.29) is 17.4 Å². The number of carbonyl (C=O) groups is 1. The third kappa shape index (κ3) is 3.26. The van der Waals surface area contributed by atoms with E-state index in [9.17, 15) is 9.18 Å². The Morgan fingerprint density at radius 1 is 1.03 bits per heavy atom. The molecular formula is C25H22FN3O. The fourth-order valence-corrected chi connectivity index (χ4v) is 4.50. The monoisotopic (exact) mass is 399 g/mol. The number of hydrogen-bond donors (Lipinski definition) is 1. The largest absolute Gasteiger partial charge is 0.358 e. The highest BCUT2D eigenvalue weighted by molar-refractivity contribution is 5.98. The number of nitrogens with one attached hydrogen (secondary N) is 1. The minimum Gasteiger partial charge on any atom is -0.358 e. The van der Waals surface area contributed by atoms with Crippen LogP contribution in [0.1, 0.15) is 34.8 Å². The van der Waals surface area contributed by atoms with Gasteiger partial charge in [0.15, 0.2) is 0 Å². The van der Waals surface area contributed by atoms with Gasteiger partial charge in [0.1, 0.15) is 5.82 Å². The van der Waals surface area contributed by atoms with Crippen molar-refractivity contribution in [3.63, 3.8) is 0 Å². The van der Waals surface area contributed by atoms with Gasteiger partial charge in [0.25, 0.3) is 5.91 Å². The Balaban J connectivity index is 1.53. The number of fused-ring (bicyclic) bond motifs is 1. The van der Waals surface area contributed by atoms with Crippen molar-refractivity contribution < 1.29 is 9.18 Å². The van der Waals surface area contributed by atoms with Gasteiger partial charge in [0.05, 0.1) is 5.56 Å². The van der Waals surface area contributed by atoms with Gasteiger partial charge in [-0.2, -0.15) is 0 Å². The molecule has 0 radical (unpaired) electrons. The van der Waals surface area contributed by atoms with Gasteiger partial charge in [-0.1, -0.05) is 30.3 Å². The van der Waals surface area contributed by atoms with Crippen LogP contribution in [0.2, 0.25) is 0 Å². The van der Waals surface area contributed by atoms with E-state index in [2.05, 4.69) is 22.1 Å². The molecule has 3 heterocycles. The summed E-state index contributed by atoms with van der Waals surface area (Å²) in [5.74, 6) is -0.544. The molecule has 2 aromatic heterocycles. The Labute approximate surface area is 174 Å². The lowest BCUT2D eigenvalue weighted by atomic mass is 9.89. The van der Waals surface area contributed by atoms with Gasteiger partial charge in [-0.15, -0.1) is 0 Å². The molecule has 4 nitrogen and oxygen atoms in total. The van der Waals surface area contributed by atoms with Gasteiger partial charge in [-0.3, -0.25) is 9.78 Å². The lowest BCUT2D eigenvalue weighted by Gasteiger charge is -2.33. The molecule has 0 aliphatic carbocycles. The third-order valence-corrected chi connectivity index (χ3v) is 5.93. The highest BCUT2D eigenvalue weighted by Crippen LogP contribution is 2.39. The summed E-state index contributed by atoms with van der Waals surface area (Å²) in [6.45, 7) is 1.21. The Hall–Kier alpha value is -3.47. The molecule has 1 aliphatic rings. The van der Waals surface area contributed by atoms with Gasteiger partial charge in [-0.25, -0.2) is 4.39 Å². The van der Waals surface area contributed by atoms with Crippen molar-refractivity contribution in [1.82, 2.24) is 14.9 Å². The fourth-order valence-electron chi connectivity index (χ4n) is 4.50. The average molecular weight is 399 g/mol. The molecule has 5 heteroatoms. The summed E-state index contributed by atoms with van der Waals surface area (Å²) < 4.78 is 14.2. The number of piperidine rings is 1. The maximum atomic E-state index is 14.2. The van der Waals surface area contributed by atoms with Crippen molar-refractivity contribution >= 4 is 16.8 Å². The Kier molecular flexibility index (Phi) is 4.79. The Bertz CT molecular complexity index is 1200. The molecule has 4 aromatic rings. The molecule has 0 spiro atoms. The second-order valence-corrected chi connectivity index (χ2v) is 7.77. The lowest BCUT2D eigenvalue weighted by Crippen LogP contribution is -2.39. The minimum absolute atomic E-state index is 0.143. The van der Waals surface area contributed by atoms with Crippen LogP contribution >= 0.6 is 0 Å². The number of carbonyl (C=O) groups excluding carboxylic acids is 1. The fraction of sp³-hybridized carbons (Fsp3) is 0.200. The average Bonchev–Trinajstić information content (AvgIpc) is 3.19. The van der Waals surface area contributed by atoms with Crippen LogP contribution in [0, 0.1) is 5.82 Å². The van der Waals surface area contributed by atoms with Crippen LogP contribution in [0.15, 0.2) is 73.1 Å². The van der Waals surface area contributed by atoms with E-state index < -0.39 is 5.82 Å². The molecule has 1 amide bonds. The number of aromatic nitrogens is 2. The maximum Gasteiger partial charge on any atom is 0.256 e. The van der Waals surface area contributed by atoms with E-state index >= 15 is 0 Å². The molecule has 1 aliphatic heterocycles. The van der Waals surface area contributed by atoms with E-state index in [1.807, 2.05) is 24.3 Å². The van der Waals surface area contributed by atoms with E-state index in [4.69, 9.17) is 0 Å². The number of para-hydroxylation sites is 1. The molecule has 1 fully saturated rings. The van der Waals surface area contributed by atoms with Crippen LogP contribution in [0.25, 0.3) is 22.0 Å². The van der Waals surface area contributed by atoms with Crippen molar-refractivity contribution in [2.24, 2.45) is 0 Å². The minimum atomic E-state index is -0.465. The zero-order valence-corrected chi connectivity index (χ0v) is 16.5. The zero-order valence-electron chi connectivity index (χ0n) is 16.5. The quantitative estimate of drug-likeness (QED) is 0.502. The number of halogens is 1. The van der Waals surface area contributed by atoms with Crippen LogP contribution in [-0.4, -0.2) is 33.9 Å². The first kappa shape index (κ1) is 18.6. The second-order valence-electron chi connectivity index (χ2n) is 7.77. The number of benzene rings is 2. The van der Waals surface area contributed by atoms with E-state index in [0.717, 1.165) is 40.6 Å². The number of aromatic amines is 1. The van der Waals surface area contributed by atoms with Crippen molar-refractivity contribution in [2.45, 2.75) is 18.8 Å². The standard InChI is InChI=1S/C25H22FN3O/c26-21-9-3-1-7-19(21)25(30)29-15-5-6-18(16-29)24-23(17-11-13-27-14-12-17)20-8-2-4-10-22(20)28-24/h1-4,7-14,18,28H,5-6,15-16H2/t18-/m1/s1. The van der Waals surface area contributed by atoms with Crippen LogP contribution in [0.3, 0.4) is 0 Å². The lowest BCUT2D eigenvalue weighted by molar-refractivity contribution is 0.0701. The highest BCUT2D eigenvalue weighted by atomic mass is 19.1. The van der Waals surface area contributed by atoms with Gasteiger partial charge in [0.2, 0.25) is 0 Å². The first-order valence-electron chi connectivity index (χ1n) is 10.3. The van der Waals surface area contributed by atoms with E-state index in [0.29, 0.717) is 13.1 Å². The molecule has 1 N–H and O–H groups in total. The summed E-state index contributed by atoms with van der Waals surface area (Å²) in [5.41, 5.74) is 4.63. The molecule has 5 rings (SSSR count). The maximum absolute atomic E-state index is 14.2. The molecule has 2 aromatic carbocycles. The van der Waals surface area contributed by atoms with Crippen LogP contribution < -0.4 is 0 Å².